The summed E-state index contributed by atoms with van der Waals surface area (Å²) in [6, 6.07) is 16.9. The molecule has 5 rings (SSSR count). The van der Waals surface area contributed by atoms with Gasteiger partial charge in [0.25, 0.3) is 0 Å². The molecule has 2 aromatic carbocycles. The van der Waals surface area contributed by atoms with Crippen molar-refractivity contribution in [2.75, 3.05) is 19.6 Å². The second-order valence-corrected chi connectivity index (χ2v) is 7.90. The molecule has 1 aliphatic rings. The van der Waals surface area contributed by atoms with E-state index in [1.54, 1.807) is 29.1 Å². The second-order valence-electron chi connectivity index (χ2n) is 7.90. The summed E-state index contributed by atoms with van der Waals surface area (Å²) in [5.41, 5.74) is 1.40. The Hall–Kier alpha value is -3.78. The van der Waals surface area contributed by atoms with Gasteiger partial charge in [0, 0.05) is 12.7 Å². The first-order chi connectivity index (χ1) is 16.2. The third kappa shape index (κ3) is 4.70. The molecule has 0 amide bonds. The molecule has 4 aromatic rings. The van der Waals surface area contributed by atoms with Crippen LogP contribution in [0.1, 0.15) is 12.8 Å². The van der Waals surface area contributed by atoms with Crippen LogP contribution in [-0.2, 0) is 6.54 Å². The van der Waals surface area contributed by atoms with Crippen LogP contribution >= 0.6 is 0 Å². The lowest BCUT2D eigenvalue weighted by molar-refractivity contribution is 0.217. The van der Waals surface area contributed by atoms with E-state index in [1.807, 2.05) is 30.3 Å². The first-order valence-corrected chi connectivity index (χ1v) is 11.0. The maximum Gasteiger partial charge on any atom is 0.366 e. The zero-order valence-electron chi connectivity index (χ0n) is 18.0. The molecule has 0 radical (unpaired) electrons. The van der Waals surface area contributed by atoms with Crippen LogP contribution in [0.2, 0.25) is 0 Å². The molecule has 1 aliphatic heterocycles. The molecule has 0 spiro atoms. The molecule has 0 unspecified atom stereocenters. The summed E-state index contributed by atoms with van der Waals surface area (Å²) >= 11 is 0. The Morgan fingerprint density at radius 1 is 0.970 bits per heavy atom. The molecule has 168 valence electrons. The van der Waals surface area contributed by atoms with Gasteiger partial charge in [-0.1, -0.05) is 30.3 Å². The van der Waals surface area contributed by atoms with Gasteiger partial charge in [0.2, 0.25) is 0 Å². The number of hydrogen-bond donors (Lipinski definition) is 0. The van der Waals surface area contributed by atoms with Crippen molar-refractivity contribution in [1.82, 2.24) is 19.6 Å². The van der Waals surface area contributed by atoms with Gasteiger partial charge in [0.05, 0.1) is 17.8 Å². The molecule has 0 aliphatic carbocycles. The molecule has 8 heteroatoms. The van der Waals surface area contributed by atoms with Crippen molar-refractivity contribution >= 4 is 0 Å². The maximum absolute atomic E-state index is 13.5. The first-order valence-electron chi connectivity index (χ1n) is 11.0. The molecule has 0 atom stereocenters. The van der Waals surface area contributed by atoms with E-state index in [1.165, 1.54) is 25.0 Å². The van der Waals surface area contributed by atoms with Gasteiger partial charge in [-0.2, -0.15) is 4.98 Å². The van der Waals surface area contributed by atoms with Crippen LogP contribution < -0.4 is 10.4 Å². The predicted molar refractivity (Wildman–Crippen MR) is 122 cm³/mol. The lowest BCUT2D eigenvalue weighted by Crippen LogP contribution is -2.24. The van der Waals surface area contributed by atoms with E-state index >= 15 is 0 Å². The fraction of sp³-hybridized carbons (Fsp3) is 0.240. The van der Waals surface area contributed by atoms with Crippen LogP contribution in [0.25, 0.3) is 22.5 Å². The molecule has 2 aromatic heterocycles. The topological polar surface area (TPSA) is 73.4 Å². The number of para-hydroxylation sites is 1. The fourth-order valence-electron chi connectivity index (χ4n) is 4.05. The van der Waals surface area contributed by atoms with Crippen LogP contribution in [0.4, 0.5) is 4.39 Å². The highest BCUT2D eigenvalue weighted by atomic mass is 19.1. The average molecular weight is 446 g/mol. The monoisotopic (exact) mass is 446 g/mol. The molecule has 3 heterocycles. The Kier molecular flexibility index (Phi) is 5.99. The Morgan fingerprint density at radius 2 is 1.73 bits per heavy atom. The smallest absolute Gasteiger partial charge is 0.366 e. The second kappa shape index (κ2) is 9.38. The number of hydrogen-bond acceptors (Lipinski definition) is 6. The zero-order valence-corrected chi connectivity index (χ0v) is 18.0. The van der Waals surface area contributed by atoms with E-state index < -0.39 is 5.63 Å². The molecule has 0 N–H and O–H groups in total. The van der Waals surface area contributed by atoms with E-state index in [9.17, 15) is 9.18 Å². The number of ether oxygens (including phenoxy) is 1. The van der Waals surface area contributed by atoms with E-state index in [0.717, 1.165) is 19.6 Å². The molecular formula is C25H23FN4O3. The van der Waals surface area contributed by atoms with Crippen LogP contribution in [-0.4, -0.2) is 39.2 Å². The summed E-state index contributed by atoms with van der Waals surface area (Å²) in [5, 5.41) is 0. The van der Waals surface area contributed by atoms with E-state index in [2.05, 4.69) is 14.9 Å². The Bertz CT molecular complexity index is 1280. The summed E-state index contributed by atoms with van der Waals surface area (Å²) in [6.07, 6.45) is 3.93. The highest BCUT2D eigenvalue weighted by Crippen LogP contribution is 2.31. The van der Waals surface area contributed by atoms with Crippen LogP contribution in [0.3, 0.4) is 0 Å². The number of rotatable bonds is 7. The normalized spacial score (nSPS) is 14.0. The highest BCUT2D eigenvalue weighted by Gasteiger charge is 2.23. The minimum absolute atomic E-state index is 0.156. The first kappa shape index (κ1) is 21.1. The summed E-state index contributed by atoms with van der Waals surface area (Å²) < 4.78 is 26.5. The number of benzene rings is 2. The number of aromatic nitrogens is 3. The van der Waals surface area contributed by atoms with Gasteiger partial charge in [-0.3, -0.25) is 0 Å². The Labute approximate surface area is 190 Å². The van der Waals surface area contributed by atoms with Gasteiger partial charge in [0.15, 0.2) is 0 Å². The fourth-order valence-corrected chi connectivity index (χ4v) is 4.05. The molecule has 0 saturated carbocycles. The summed E-state index contributed by atoms with van der Waals surface area (Å²) in [6.45, 7) is 3.32. The molecule has 7 nitrogen and oxygen atoms in total. The van der Waals surface area contributed by atoms with Gasteiger partial charge < -0.3 is 14.2 Å². The van der Waals surface area contributed by atoms with Crippen LogP contribution in [0.5, 0.6) is 11.8 Å². The van der Waals surface area contributed by atoms with Gasteiger partial charge in [0.1, 0.15) is 17.3 Å². The van der Waals surface area contributed by atoms with Crippen molar-refractivity contribution in [3.05, 3.63) is 83.1 Å². The van der Waals surface area contributed by atoms with Crippen molar-refractivity contribution < 1.29 is 13.7 Å². The Balaban J connectivity index is 1.55. The van der Waals surface area contributed by atoms with Crippen molar-refractivity contribution in [1.29, 1.82) is 0 Å². The highest BCUT2D eigenvalue weighted by molar-refractivity contribution is 5.78. The summed E-state index contributed by atoms with van der Waals surface area (Å²) in [5.74, 6) is 0.228. The van der Waals surface area contributed by atoms with Gasteiger partial charge in [-0.15, -0.1) is 0 Å². The minimum Gasteiger partial charge on any atom is -0.424 e. The van der Waals surface area contributed by atoms with Gasteiger partial charge >= 0.3 is 11.6 Å². The molecule has 1 fully saturated rings. The van der Waals surface area contributed by atoms with Crippen molar-refractivity contribution in [3.63, 3.8) is 0 Å². The van der Waals surface area contributed by atoms with Crippen molar-refractivity contribution in [3.8, 4) is 34.3 Å². The van der Waals surface area contributed by atoms with E-state index in [-0.39, 0.29) is 11.8 Å². The SMILES string of the molecule is O=c1on(CCN2CCCC2)c(-c2ccnc(Oc3ccccc3)n2)c1-c1ccc(F)cc1. The molecule has 0 bridgehead atoms. The third-order valence-electron chi connectivity index (χ3n) is 5.66. The quantitative estimate of drug-likeness (QED) is 0.413. The third-order valence-corrected chi connectivity index (χ3v) is 5.66. The lowest BCUT2D eigenvalue weighted by atomic mass is 10.0. The van der Waals surface area contributed by atoms with Gasteiger partial charge in [-0.05, 0) is 61.8 Å². The largest absolute Gasteiger partial charge is 0.424 e. The van der Waals surface area contributed by atoms with Crippen LogP contribution in [0, 0.1) is 5.82 Å². The van der Waals surface area contributed by atoms with Crippen molar-refractivity contribution in [2.24, 2.45) is 0 Å². The minimum atomic E-state index is -0.498. The number of halogens is 1. The molecule has 1 saturated heterocycles. The van der Waals surface area contributed by atoms with E-state index in [0.29, 0.717) is 34.8 Å². The predicted octanol–water partition coefficient (Wildman–Crippen LogP) is 4.59. The number of likely N-dealkylation sites (tertiary alicyclic amines) is 1. The summed E-state index contributed by atoms with van der Waals surface area (Å²) in [7, 11) is 0. The Morgan fingerprint density at radius 3 is 2.48 bits per heavy atom. The molecular weight excluding hydrogens is 423 g/mol. The van der Waals surface area contributed by atoms with E-state index in [4.69, 9.17) is 9.26 Å². The maximum atomic E-state index is 13.5. The van der Waals surface area contributed by atoms with Crippen LogP contribution in [0.15, 0.2) is 76.2 Å². The summed E-state index contributed by atoms with van der Waals surface area (Å²) in [4.78, 5) is 24.0. The number of nitrogens with zero attached hydrogens (tertiary/aromatic N) is 4. The average Bonchev–Trinajstić information content (AvgIpc) is 3.47. The van der Waals surface area contributed by atoms with Gasteiger partial charge in [-0.25, -0.2) is 18.9 Å². The zero-order chi connectivity index (χ0) is 22.6. The standard InChI is InChI=1S/C25H23FN4O3/c26-19-10-8-18(9-11-19)22-23(30(33-24(22)31)17-16-29-14-4-5-15-29)21-12-13-27-25(28-21)32-20-6-2-1-3-7-20/h1-3,6-13H,4-5,14-17H2. The van der Waals surface area contributed by atoms with Crippen molar-refractivity contribution in [2.45, 2.75) is 19.4 Å². The molecule has 33 heavy (non-hydrogen) atoms. The lowest BCUT2D eigenvalue weighted by Gasteiger charge is -2.15.